The molecule has 0 unspecified atom stereocenters. The lowest BCUT2D eigenvalue weighted by molar-refractivity contribution is 0.0751. The van der Waals surface area contributed by atoms with E-state index >= 15 is 0 Å². The van der Waals surface area contributed by atoms with Crippen LogP contribution in [-0.4, -0.2) is 48.0 Å². The summed E-state index contributed by atoms with van der Waals surface area (Å²) in [5, 5.41) is 8.19. The molecule has 0 aliphatic carbocycles. The first-order chi connectivity index (χ1) is 15.9. The number of benzene rings is 2. The summed E-state index contributed by atoms with van der Waals surface area (Å²) in [7, 11) is 0. The molecule has 2 aromatic carbocycles. The summed E-state index contributed by atoms with van der Waals surface area (Å²) in [6, 6.07) is 16.8. The molecule has 1 aliphatic rings. The van der Waals surface area contributed by atoms with E-state index in [2.05, 4.69) is 38.1 Å². The number of anilines is 2. The predicted molar refractivity (Wildman–Crippen MR) is 147 cm³/mol. The van der Waals surface area contributed by atoms with Gasteiger partial charge in [-0.15, -0.1) is 11.3 Å². The van der Waals surface area contributed by atoms with Crippen molar-refractivity contribution in [2.45, 2.75) is 0 Å². The highest BCUT2D eigenvalue weighted by molar-refractivity contribution is 14.1. The molecule has 0 bridgehead atoms. The molecule has 0 radical (unpaired) electrons. The normalized spacial score (nSPS) is 13.5. The molecule has 10 heteroatoms. The molecule has 2 heterocycles. The number of thiocarbonyl (C=S) groups is 1. The lowest BCUT2D eigenvalue weighted by Gasteiger charge is -2.36. The molecule has 0 spiro atoms. The summed E-state index contributed by atoms with van der Waals surface area (Å²) in [5.41, 5.74) is 2.22. The quantitative estimate of drug-likeness (QED) is 0.318. The van der Waals surface area contributed by atoms with Gasteiger partial charge in [-0.25, -0.2) is 0 Å². The van der Waals surface area contributed by atoms with Crippen LogP contribution >= 0.6 is 57.7 Å². The maximum Gasteiger partial charge on any atom is 0.264 e. The highest BCUT2D eigenvalue weighted by Crippen LogP contribution is 2.22. The van der Waals surface area contributed by atoms with Gasteiger partial charge in [0, 0.05) is 41.1 Å². The first kappa shape index (κ1) is 23.9. The minimum absolute atomic E-state index is 0.103. The van der Waals surface area contributed by atoms with Gasteiger partial charge in [-0.1, -0.05) is 17.7 Å². The Kier molecular flexibility index (Phi) is 7.84. The van der Waals surface area contributed by atoms with Crippen molar-refractivity contribution in [2.24, 2.45) is 0 Å². The van der Waals surface area contributed by atoms with E-state index in [9.17, 15) is 9.59 Å². The minimum atomic E-state index is -0.359. The molecule has 3 aromatic rings. The average molecular weight is 611 g/mol. The van der Waals surface area contributed by atoms with Crippen LogP contribution in [0.2, 0.25) is 5.02 Å². The molecule has 1 saturated heterocycles. The summed E-state index contributed by atoms with van der Waals surface area (Å²) in [5.74, 6) is -0.256. The van der Waals surface area contributed by atoms with Gasteiger partial charge in [-0.05, 0) is 88.7 Å². The van der Waals surface area contributed by atoms with E-state index in [1.54, 1.807) is 12.1 Å². The standard InChI is InChI=1S/C23H20ClIN4O2S2/c24-19-8-3-15(25)14-18(19)21(30)27-23(32)26-16-4-6-17(7-5-16)28-9-11-29(12-10-28)22(31)20-2-1-13-33-20/h1-8,13-14H,9-12H2,(H2,26,27,30,32). The molecular formula is C23H20ClIN4O2S2. The number of carbonyl (C=O) groups excluding carboxylic acids is 2. The number of hydrogen-bond donors (Lipinski definition) is 2. The smallest absolute Gasteiger partial charge is 0.264 e. The number of nitrogens with zero attached hydrogens (tertiary/aromatic N) is 2. The third kappa shape index (κ3) is 6.03. The van der Waals surface area contributed by atoms with E-state index in [1.807, 2.05) is 52.7 Å². The van der Waals surface area contributed by atoms with Crippen molar-refractivity contribution < 1.29 is 9.59 Å². The second-order valence-corrected chi connectivity index (χ2v) is 10.3. The molecule has 2 N–H and O–H groups in total. The number of thiophene rings is 1. The Morgan fingerprint density at radius 1 is 1.03 bits per heavy atom. The zero-order valence-corrected chi connectivity index (χ0v) is 21.9. The van der Waals surface area contributed by atoms with Crippen LogP contribution in [0.25, 0.3) is 0 Å². The summed E-state index contributed by atoms with van der Waals surface area (Å²) in [6.07, 6.45) is 0. The van der Waals surface area contributed by atoms with Crippen molar-refractivity contribution in [3.05, 3.63) is 79.0 Å². The number of piperazine rings is 1. The third-order valence-electron chi connectivity index (χ3n) is 5.19. The molecular weight excluding hydrogens is 591 g/mol. The second kappa shape index (κ2) is 10.8. The Hall–Kier alpha value is -2.21. The monoisotopic (exact) mass is 610 g/mol. The first-order valence-corrected chi connectivity index (χ1v) is 12.9. The SMILES string of the molecule is O=C(NC(=S)Nc1ccc(N2CCN(C(=O)c3cccs3)CC2)cc1)c1cc(I)ccc1Cl. The fourth-order valence-corrected chi connectivity index (χ4v) is 5.08. The van der Waals surface area contributed by atoms with E-state index in [4.69, 9.17) is 23.8 Å². The fourth-order valence-electron chi connectivity index (χ4n) is 3.48. The third-order valence-corrected chi connectivity index (χ3v) is 7.25. The Balaban J connectivity index is 1.29. The van der Waals surface area contributed by atoms with E-state index in [-0.39, 0.29) is 16.9 Å². The lowest BCUT2D eigenvalue weighted by atomic mass is 10.2. The van der Waals surface area contributed by atoms with Gasteiger partial charge in [0.1, 0.15) is 0 Å². The van der Waals surface area contributed by atoms with Crippen LogP contribution in [0.3, 0.4) is 0 Å². The zero-order valence-electron chi connectivity index (χ0n) is 17.4. The van der Waals surface area contributed by atoms with Crippen molar-refractivity contribution in [1.29, 1.82) is 0 Å². The Morgan fingerprint density at radius 2 is 1.76 bits per heavy atom. The molecule has 6 nitrogen and oxygen atoms in total. The Bertz CT molecular complexity index is 1160. The highest BCUT2D eigenvalue weighted by Gasteiger charge is 2.23. The van der Waals surface area contributed by atoms with E-state index < -0.39 is 0 Å². The van der Waals surface area contributed by atoms with Gasteiger partial charge in [0.05, 0.1) is 15.5 Å². The number of carbonyl (C=O) groups is 2. The van der Waals surface area contributed by atoms with Gasteiger partial charge >= 0.3 is 0 Å². The maximum absolute atomic E-state index is 12.5. The van der Waals surface area contributed by atoms with Gasteiger partial charge in [0.25, 0.3) is 11.8 Å². The van der Waals surface area contributed by atoms with Crippen molar-refractivity contribution >= 4 is 86.0 Å². The molecule has 33 heavy (non-hydrogen) atoms. The van der Waals surface area contributed by atoms with Crippen LogP contribution in [0.1, 0.15) is 20.0 Å². The number of nitrogens with one attached hydrogen (secondary N) is 2. The van der Waals surface area contributed by atoms with Crippen molar-refractivity contribution in [2.75, 3.05) is 36.4 Å². The summed E-state index contributed by atoms with van der Waals surface area (Å²) in [6.45, 7) is 2.92. The Morgan fingerprint density at radius 3 is 2.42 bits per heavy atom. The number of hydrogen-bond acceptors (Lipinski definition) is 5. The molecule has 0 atom stereocenters. The van der Waals surface area contributed by atoms with Crippen molar-refractivity contribution in [1.82, 2.24) is 10.2 Å². The number of halogens is 2. The molecule has 0 saturated carbocycles. The van der Waals surface area contributed by atoms with Crippen molar-refractivity contribution in [3.63, 3.8) is 0 Å². The average Bonchev–Trinajstić information content (AvgIpc) is 3.36. The molecule has 1 aliphatic heterocycles. The predicted octanol–water partition coefficient (Wildman–Crippen LogP) is 5.10. The van der Waals surface area contributed by atoms with Crippen LogP contribution in [0.5, 0.6) is 0 Å². The van der Waals surface area contributed by atoms with Crippen LogP contribution in [0, 0.1) is 3.57 Å². The van der Waals surface area contributed by atoms with Crippen LogP contribution in [0.15, 0.2) is 60.0 Å². The van der Waals surface area contributed by atoms with Crippen LogP contribution in [0.4, 0.5) is 11.4 Å². The van der Waals surface area contributed by atoms with Gasteiger partial charge in [-0.2, -0.15) is 0 Å². The topological polar surface area (TPSA) is 64.7 Å². The first-order valence-electron chi connectivity index (χ1n) is 10.2. The summed E-state index contributed by atoms with van der Waals surface area (Å²) < 4.78 is 0.910. The number of rotatable bonds is 4. The van der Waals surface area contributed by atoms with E-state index in [0.717, 1.165) is 32.9 Å². The largest absolute Gasteiger partial charge is 0.368 e. The van der Waals surface area contributed by atoms with E-state index in [0.29, 0.717) is 23.7 Å². The zero-order chi connectivity index (χ0) is 23.4. The second-order valence-electron chi connectivity index (χ2n) is 7.34. The molecule has 4 rings (SSSR count). The molecule has 170 valence electrons. The van der Waals surface area contributed by atoms with Crippen LogP contribution < -0.4 is 15.5 Å². The van der Waals surface area contributed by atoms with Gasteiger partial charge < -0.3 is 15.1 Å². The molecule has 1 aromatic heterocycles. The lowest BCUT2D eigenvalue weighted by Crippen LogP contribution is -2.48. The highest BCUT2D eigenvalue weighted by atomic mass is 127. The molecule has 1 fully saturated rings. The fraction of sp³-hybridized carbons (Fsp3) is 0.174. The summed E-state index contributed by atoms with van der Waals surface area (Å²) in [4.78, 5) is 29.9. The van der Waals surface area contributed by atoms with Gasteiger partial charge in [0.15, 0.2) is 5.11 Å². The Labute approximate surface area is 220 Å². The van der Waals surface area contributed by atoms with E-state index in [1.165, 1.54) is 11.3 Å². The van der Waals surface area contributed by atoms with Gasteiger partial charge in [-0.3, -0.25) is 14.9 Å². The maximum atomic E-state index is 12.5. The minimum Gasteiger partial charge on any atom is -0.368 e. The number of amides is 2. The van der Waals surface area contributed by atoms with Crippen LogP contribution in [-0.2, 0) is 0 Å². The summed E-state index contributed by atoms with van der Waals surface area (Å²) >= 11 is 15.0. The van der Waals surface area contributed by atoms with Crippen molar-refractivity contribution in [3.8, 4) is 0 Å². The van der Waals surface area contributed by atoms with Gasteiger partial charge in [0.2, 0.25) is 0 Å². The molecule has 2 amide bonds.